The highest BCUT2D eigenvalue weighted by molar-refractivity contribution is 6.27. The van der Waals surface area contributed by atoms with Crippen LogP contribution in [0, 0.1) is 11.8 Å². The fourth-order valence-corrected chi connectivity index (χ4v) is 1.18. The van der Waals surface area contributed by atoms with Gasteiger partial charge in [-0.3, -0.25) is 4.79 Å². The largest absolute Gasteiger partial charge is 0.481 e. The van der Waals surface area contributed by atoms with E-state index in [1.165, 1.54) is 0 Å². The van der Waals surface area contributed by atoms with Gasteiger partial charge in [0.05, 0.1) is 0 Å². The van der Waals surface area contributed by atoms with E-state index in [1.807, 2.05) is 0 Å². The molecule has 0 radical (unpaired) electrons. The minimum absolute atomic E-state index is 0.146. The normalized spacial score (nSPS) is 11.3. The highest BCUT2D eigenvalue weighted by Gasteiger charge is 2.12. The van der Waals surface area contributed by atoms with Gasteiger partial charge in [0.25, 0.3) is 0 Å². The fourth-order valence-electron chi connectivity index (χ4n) is 1.18. The summed E-state index contributed by atoms with van der Waals surface area (Å²) >= 11 is 0. The summed E-state index contributed by atoms with van der Waals surface area (Å²) in [6.45, 7) is 4.62. The highest BCUT2D eigenvalue weighted by Crippen LogP contribution is 2.13. The SMILES string of the molecule is CC(C)C[C@H](CN)CC(=O)O.O=C(O)C(=O)O. The summed E-state index contributed by atoms with van der Waals surface area (Å²) in [6.07, 6.45) is 1.11. The first-order valence-corrected chi connectivity index (χ1v) is 5.08. The lowest BCUT2D eigenvalue weighted by Gasteiger charge is -2.13. The second kappa shape index (κ2) is 9.59. The van der Waals surface area contributed by atoms with Gasteiger partial charge < -0.3 is 21.1 Å². The van der Waals surface area contributed by atoms with Gasteiger partial charge in [-0.2, -0.15) is 0 Å². The third kappa shape index (κ3) is 14.4. The van der Waals surface area contributed by atoms with Crippen LogP contribution in [0.3, 0.4) is 0 Å². The van der Waals surface area contributed by atoms with Gasteiger partial charge in [0.2, 0.25) is 0 Å². The summed E-state index contributed by atoms with van der Waals surface area (Å²) < 4.78 is 0. The molecule has 0 aromatic rings. The van der Waals surface area contributed by atoms with E-state index in [0.29, 0.717) is 12.5 Å². The molecule has 0 aromatic carbocycles. The topological polar surface area (TPSA) is 138 Å². The van der Waals surface area contributed by atoms with Gasteiger partial charge in [-0.05, 0) is 24.8 Å². The number of aliphatic carboxylic acids is 3. The second-order valence-corrected chi connectivity index (χ2v) is 3.94. The smallest absolute Gasteiger partial charge is 0.414 e. The number of carboxylic acid groups (broad SMARTS) is 3. The molecule has 0 aliphatic heterocycles. The molecule has 7 nitrogen and oxygen atoms in total. The number of carboxylic acids is 3. The molecule has 0 saturated heterocycles. The summed E-state index contributed by atoms with van der Waals surface area (Å²) in [6, 6.07) is 0. The van der Waals surface area contributed by atoms with Crippen molar-refractivity contribution >= 4 is 17.9 Å². The monoisotopic (exact) mass is 249 g/mol. The number of rotatable bonds is 5. The maximum Gasteiger partial charge on any atom is 0.414 e. The molecule has 0 heterocycles. The zero-order chi connectivity index (χ0) is 14.0. The summed E-state index contributed by atoms with van der Waals surface area (Å²) in [5.41, 5.74) is 5.41. The lowest BCUT2D eigenvalue weighted by molar-refractivity contribution is -0.159. The van der Waals surface area contributed by atoms with Crippen molar-refractivity contribution < 1.29 is 29.7 Å². The zero-order valence-corrected chi connectivity index (χ0v) is 9.92. The second-order valence-electron chi connectivity index (χ2n) is 3.94. The van der Waals surface area contributed by atoms with E-state index in [9.17, 15) is 4.79 Å². The summed E-state index contributed by atoms with van der Waals surface area (Å²) in [5, 5.41) is 23.3. The molecular formula is C10H19NO6. The van der Waals surface area contributed by atoms with Crippen LogP contribution in [0.1, 0.15) is 26.7 Å². The van der Waals surface area contributed by atoms with Crippen molar-refractivity contribution in [2.24, 2.45) is 17.6 Å². The summed E-state index contributed by atoms with van der Waals surface area (Å²) in [5.74, 6) is -3.72. The van der Waals surface area contributed by atoms with Crippen LogP contribution in [0.2, 0.25) is 0 Å². The molecule has 5 N–H and O–H groups in total. The summed E-state index contributed by atoms with van der Waals surface area (Å²) in [7, 11) is 0. The average molecular weight is 249 g/mol. The van der Waals surface area contributed by atoms with Crippen LogP contribution in [0.5, 0.6) is 0 Å². The molecule has 0 fully saturated rings. The van der Waals surface area contributed by atoms with E-state index in [0.717, 1.165) is 6.42 Å². The molecule has 0 rings (SSSR count). The van der Waals surface area contributed by atoms with E-state index in [1.54, 1.807) is 0 Å². The van der Waals surface area contributed by atoms with Gasteiger partial charge in [-0.15, -0.1) is 0 Å². The Morgan fingerprint density at radius 1 is 1.06 bits per heavy atom. The Bertz CT molecular complexity index is 252. The Morgan fingerprint density at radius 2 is 1.47 bits per heavy atom. The van der Waals surface area contributed by atoms with Crippen LogP contribution in [-0.2, 0) is 14.4 Å². The number of nitrogens with two attached hydrogens (primary N) is 1. The zero-order valence-electron chi connectivity index (χ0n) is 9.92. The summed E-state index contributed by atoms with van der Waals surface area (Å²) in [4.78, 5) is 28.5. The maximum absolute atomic E-state index is 10.3. The predicted octanol–water partition coefficient (Wildman–Crippen LogP) is 0.238. The molecule has 0 aliphatic rings. The fraction of sp³-hybridized carbons (Fsp3) is 0.700. The van der Waals surface area contributed by atoms with Gasteiger partial charge in [0, 0.05) is 6.42 Å². The van der Waals surface area contributed by atoms with Crippen LogP contribution in [0.15, 0.2) is 0 Å². The molecule has 7 heteroatoms. The lowest BCUT2D eigenvalue weighted by Crippen LogP contribution is -2.19. The molecule has 0 spiro atoms. The first-order valence-electron chi connectivity index (χ1n) is 5.08. The van der Waals surface area contributed by atoms with Crippen LogP contribution >= 0.6 is 0 Å². The molecule has 1 atom stereocenters. The lowest BCUT2D eigenvalue weighted by atomic mass is 9.94. The van der Waals surface area contributed by atoms with Gasteiger partial charge in [0.1, 0.15) is 0 Å². The van der Waals surface area contributed by atoms with Gasteiger partial charge in [-0.25, -0.2) is 9.59 Å². The maximum atomic E-state index is 10.3. The van der Waals surface area contributed by atoms with E-state index in [4.69, 9.17) is 30.6 Å². The number of carbonyl (C=O) groups is 3. The molecule has 0 bridgehead atoms. The van der Waals surface area contributed by atoms with Gasteiger partial charge in [-0.1, -0.05) is 13.8 Å². The number of hydrogen-bond donors (Lipinski definition) is 4. The van der Waals surface area contributed by atoms with Gasteiger partial charge >= 0.3 is 17.9 Å². The molecule has 0 aromatic heterocycles. The number of hydrogen-bond acceptors (Lipinski definition) is 4. The van der Waals surface area contributed by atoms with Crippen LogP contribution < -0.4 is 5.73 Å². The predicted molar refractivity (Wildman–Crippen MR) is 59.5 cm³/mol. The minimum Gasteiger partial charge on any atom is -0.481 e. The minimum atomic E-state index is -1.82. The Morgan fingerprint density at radius 3 is 1.65 bits per heavy atom. The molecular weight excluding hydrogens is 230 g/mol. The van der Waals surface area contributed by atoms with Crippen molar-refractivity contribution in [2.45, 2.75) is 26.7 Å². The van der Waals surface area contributed by atoms with Crippen molar-refractivity contribution in [2.75, 3.05) is 6.54 Å². The third-order valence-electron chi connectivity index (χ3n) is 1.78. The first-order chi connectivity index (χ1) is 7.70. The van der Waals surface area contributed by atoms with E-state index in [-0.39, 0.29) is 12.3 Å². The van der Waals surface area contributed by atoms with Gasteiger partial charge in [0.15, 0.2) is 0 Å². The van der Waals surface area contributed by atoms with E-state index in [2.05, 4.69) is 13.8 Å². The van der Waals surface area contributed by atoms with Crippen molar-refractivity contribution in [1.82, 2.24) is 0 Å². The van der Waals surface area contributed by atoms with Crippen molar-refractivity contribution in [3.8, 4) is 0 Å². The van der Waals surface area contributed by atoms with Crippen molar-refractivity contribution in [3.05, 3.63) is 0 Å². The van der Waals surface area contributed by atoms with Crippen LogP contribution in [0.25, 0.3) is 0 Å². The molecule has 100 valence electrons. The van der Waals surface area contributed by atoms with Crippen LogP contribution in [-0.4, -0.2) is 39.8 Å². The van der Waals surface area contributed by atoms with Crippen LogP contribution in [0.4, 0.5) is 0 Å². The average Bonchev–Trinajstić information content (AvgIpc) is 2.15. The first kappa shape index (κ1) is 17.8. The Balaban J connectivity index is 0. The highest BCUT2D eigenvalue weighted by atomic mass is 16.4. The Kier molecular flexibility index (Phi) is 10.0. The molecule has 0 amide bonds. The Labute approximate surface area is 99.2 Å². The molecule has 0 aliphatic carbocycles. The standard InChI is InChI=1S/C8H17NO2.C2H2O4/c1-6(2)3-7(5-9)4-8(10)11;3-1(4)2(5)6/h6-7H,3-5,9H2,1-2H3,(H,10,11);(H,3,4)(H,5,6)/t7-;/m0./s1. The van der Waals surface area contributed by atoms with Crippen molar-refractivity contribution in [1.29, 1.82) is 0 Å². The molecule has 0 saturated carbocycles. The van der Waals surface area contributed by atoms with E-state index >= 15 is 0 Å². The quantitative estimate of drug-likeness (QED) is 0.512. The molecule has 0 unspecified atom stereocenters. The van der Waals surface area contributed by atoms with E-state index < -0.39 is 17.9 Å². The third-order valence-corrected chi connectivity index (χ3v) is 1.78. The van der Waals surface area contributed by atoms with Crippen molar-refractivity contribution in [3.63, 3.8) is 0 Å². The molecule has 17 heavy (non-hydrogen) atoms. The Hall–Kier alpha value is -1.63.